The number of anilines is 1. The van der Waals surface area contributed by atoms with Gasteiger partial charge in [0.15, 0.2) is 0 Å². The summed E-state index contributed by atoms with van der Waals surface area (Å²) in [5.41, 5.74) is 1.61. The van der Waals surface area contributed by atoms with Crippen molar-refractivity contribution in [3.63, 3.8) is 0 Å². The van der Waals surface area contributed by atoms with E-state index in [4.69, 9.17) is 32.7 Å². The molecule has 0 radical (unpaired) electrons. The van der Waals surface area contributed by atoms with Crippen molar-refractivity contribution in [3.8, 4) is 0 Å². The van der Waals surface area contributed by atoms with E-state index in [1.54, 1.807) is 45.0 Å². The summed E-state index contributed by atoms with van der Waals surface area (Å²) in [6.07, 6.45) is -0.654. The van der Waals surface area contributed by atoms with Crippen molar-refractivity contribution in [3.05, 3.63) is 63.1 Å². The van der Waals surface area contributed by atoms with Crippen LogP contribution in [0.2, 0.25) is 10.0 Å². The maximum atomic E-state index is 12.1. The first-order chi connectivity index (χ1) is 13.6. The minimum Gasteiger partial charge on any atom is -0.465 e. The Kier molecular flexibility index (Phi) is 7.90. The second-order valence-corrected chi connectivity index (χ2v) is 8.10. The van der Waals surface area contributed by atoms with Gasteiger partial charge in [0, 0.05) is 13.1 Å². The number of carbonyl (C=O) groups excluding carboxylic acids is 2. The molecule has 0 spiro atoms. The van der Waals surface area contributed by atoms with Gasteiger partial charge in [0.05, 0.1) is 28.4 Å². The Morgan fingerprint density at radius 2 is 1.79 bits per heavy atom. The summed E-state index contributed by atoms with van der Waals surface area (Å²) in [7, 11) is 1.28. The van der Waals surface area contributed by atoms with Crippen LogP contribution in [0.15, 0.2) is 36.4 Å². The quantitative estimate of drug-likeness (QED) is 0.588. The summed E-state index contributed by atoms with van der Waals surface area (Å²) < 4.78 is 10.1. The number of rotatable bonds is 6. The maximum absolute atomic E-state index is 12.1. The van der Waals surface area contributed by atoms with Gasteiger partial charge in [-0.2, -0.15) is 0 Å². The average molecular weight is 439 g/mol. The van der Waals surface area contributed by atoms with Crippen LogP contribution in [0.25, 0.3) is 0 Å². The molecule has 0 aliphatic heterocycles. The lowest BCUT2D eigenvalue weighted by Gasteiger charge is -2.20. The van der Waals surface area contributed by atoms with Crippen LogP contribution in [0.4, 0.5) is 10.5 Å². The molecule has 0 heterocycles. The average Bonchev–Trinajstić information content (AvgIpc) is 2.63. The minimum atomic E-state index is -0.662. The first-order valence-electron chi connectivity index (χ1n) is 8.95. The van der Waals surface area contributed by atoms with Crippen molar-refractivity contribution in [2.24, 2.45) is 0 Å². The fraction of sp³-hybridized carbons (Fsp3) is 0.333. The highest BCUT2D eigenvalue weighted by molar-refractivity contribution is 6.42. The largest absolute Gasteiger partial charge is 0.465 e. The van der Waals surface area contributed by atoms with E-state index in [0.717, 1.165) is 11.1 Å². The van der Waals surface area contributed by atoms with Gasteiger partial charge in [-0.3, -0.25) is 5.32 Å². The highest BCUT2D eigenvalue weighted by Crippen LogP contribution is 2.25. The maximum Gasteiger partial charge on any atom is 0.412 e. The number of amides is 1. The Labute approximate surface area is 180 Å². The highest BCUT2D eigenvalue weighted by Gasteiger charge is 2.19. The van der Waals surface area contributed by atoms with Crippen LogP contribution in [-0.2, 0) is 22.6 Å². The molecule has 0 unspecified atom stereocenters. The lowest BCUT2D eigenvalue weighted by Crippen LogP contribution is -2.28. The van der Waals surface area contributed by atoms with Gasteiger partial charge in [-0.25, -0.2) is 9.59 Å². The van der Waals surface area contributed by atoms with Gasteiger partial charge in [-0.05, 0) is 50.1 Å². The number of nitrogens with one attached hydrogen (secondary N) is 2. The molecule has 2 N–H and O–H groups in total. The van der Waals surface area contributed by atoms with E-state index in [9.17, 15) is 9.59 Å². The molecular formula is C21H24Cl2N2O4. The topological polar surface area (TPSA) is 76.7 Å². The lowest BCUT2D eigenvalue weighted by molar-refractivity contribution is 0.0602. The Hall–Kier alpha value is -2.28. The Balaban J connectivity index is 2.13. The molecule has 0 aliphatic carbocycles. The summed E-state index contributed by atoms with van der Waals surface area (Å²) in [6.45, 7) is 6.26. The van der Waals surface area contributed by atoms with Crippen LogP contribution in [0.1, 0.15) is 42.3 Å². The van der Waals surface area contributed by atoms with Crippen LogP contribution >= 0.6 is 23.2 Å². The van der Waals surface area contributed by atoms with Crippen LogP contribution in [0.5, 0.6) is 0 Å². The van der Waals surface area contributed by atoms with Gasteiger partial charge in [0.25, 0.3) is 0 Å². The fourth-order valence-electron chi connectivity index (χ4n) is 2.53. The molecule has 0 saturated carbocycles. The summed E-state index contributed by atoms with van der Waals surface area (Å²) in [4.78, 5) is 24.2. The third kappa shape index (κ3) is 6.92. The normalized spacial score (nSPS) is 11.1. The molecule has 0 fully saturated rings. The number of carbonyl (C=O) groups is 2. The van der Waals surface area contributed by atoms with E-state index in [0.29, 0.717) is 28.8 Å². The summed E-state index contributed by atoms with van der Waals surface area (Å²) in [5, 5.41) is 6.89. The van der Waals surface area contributed by atoms with Gasteiger partial charge in [0.1, 0.15) is 5.60 Å². The molecular weight excluding hydrogens is 415 g/mol. The molecule has 0 aliphatic rings. The Morgan fingerprint density at radius 1 is 1.07 bits per heavy atom. The number of ether oxygens (including phenoxy) is 2. The predicted molar refractivity (Wildman–Crippen MR) is 115 cm³/mol. The zero-order valence-electron chi connectivity index (χ0n) is 16.8. The smallest absolute Gasteiger partial charge is 0.412 e. The van der Waals surface area contributed by atoms with E-state index < -0.39 is 17.7 Å². The van der Waals surface area contributed by atoms with Crippen LogP contribution < -0.4 is 10.6 Å². The zero-order valence-corrected chi connectivity index (χ0v) is 18.3. The van der Waals surface area contributed by atoms with Crippen LogP contribution in [-0.4, -0.2) is 24.8 Å². The van der Waals surface area contributed by atoms with Crippen molar-refractivity contribution in [2.45, 2.75) is 39.5 Å². The monoisotopic (exact) mass is 438 g/mol. The molecule has 156 valence electrons. The number of hydrogen-bond donors (Lipinski definition) is 2. The number of methoxy groups -OCH3 is 1. The Bertz CT molecular complexity index is 895. The Morgan fingerprint density at radius 3 is 2.45 bits per heavy atom. The molecule has 6 nitrogen and oxygen atoms in total. The van der Waals surface area contributed by atoms with Crippen molar-refractivity contribution < 1.29 is 19.1 Å². The zero-order chi connectivity index (χ0) is 21.6. The minimum absolute atomic E-state index is 0.236. The van der Waals surface area contributed by atoms with Crippen LogP contribution in [0, 0.1) is 0 Å². The van der Waals surface area contributed by atoms with E-state index >= 15 is 0 Å². The van der Waals surface area contributed by atoms with E-state index in [1.165, 1.54) is 7.11 Å². The molecule has 0 saturated heterocycles. The first-order valence-corrected chi connectivity index (χ1v) is 9.71. The van der Waals surface area contributed by atoms with Gasteiger partial charge in [0.2, 0.25) is 0 Å². The molecule has 8 heteroatoms. The SMILES string of the molecule is COC(=O)c1ccc(CNCc2cccc(Cl)c2Cl)cc1NC(=O)OC(C)(C)C. The first kappa shape index (κ1) is 23.0. The van der Waals surface area contributed by atoms with Crippen molar-refractivity contribution in [2.75, 3.05) is 12.4 Å². The number of esters is 1. The van der Waals surface area contributed by atoms with E-state index in [1.807, 2.05) is 12.1 Å². The van der Waals surface area contributed by atoms with Crippen molar-refractivity contribution >= 4 is 41.0 Å². The summed E-state index contributed by atoms with van der Waals surface area (Å²) >= 11 is 12.2. The molecule has 1 amide bonds. The summed E-state index contributed by atoms with van der Waals surface area (Å²) in [6, 6.07) is 10.5. The van der Waals surface area contributed by atoms with E-state index in [2.05, 4.69) is 10.6 Å². The van der Waals surface area contributed by atoms with Gasteiger partial charge in [-0.1, -0.05) is 41.4 Å². The van der Waals surface area contributed by atoms with Gasteiger partial charge in [-0.15, -0.1) is 0 Å². The number of benzene rings is 2. The number of hydrogen-bond acceptors (Lipinski definition) is 5. The van der Waals surface area contributed by atoms with Crippen LogP contribution in [0.3, 0.4) is 0 Å². The summed E-state index contributed by atoms with van der Waals surface area (Å²) in [5.74, 6) is -0.554. The van der Waals surface area contributed by atoms with E-state index in [-0.39, 0.29) is 5.56 Å². The van der Waals surface area contributed by atoms with Crippen molar-refractivity contribution in [1.29, 1.82) is 0 Å². The molecule has 0 atom stereocenters. The number of halogens is 2. The predicted octanol–water partition coefficient (Wildman–Crippen LogP) is 5.42. The third-order valence-electron chi connectivity index (χ3n) is 3.80. The van der Waals surface area contributed by atoms with Gasteiger partial charge < -0.3 is 14.8 Å². The molecule has 0 aromatic heterocycles. The molecule has 0 bridgehead atoms. The van der Waals surface area contributed by atoms with Gasteiger partial charge >= 0.3 is 12.1 Å². The molecule has 2 rings (SSSR count). The third-order valence-corrected chi connectivity index (χ3v) is 4.66. The molecule has 29 heavy (non-hydrogen) atoms. The standard InChI is InChI=1S/C21H24Cl2N2O4/c1-21(2,3)29-20(27)25-17-10-13(8-9-15(17)19(26)28-4)11-24-12-14-6-5-7-16(22)18(14)23/h5-10,24H,11-12H2,1-4H3,(H,25,27). The van der Waals surface area contributed by atoms with Crippen molar-refractivity contribution in [1.82, 2.24) is 5.32 Å². The molecule has 2 aromatic carbocycles. The fourth-order valence-corrected chi connectivity index (χ4v) is 2.92. The second-order valence-electron chi connectivity index (χ2n) is 7.31. The molecule has 2 aromatic rings. The second kappa shape index (κ2) is 9.96. The lowest BCUT2D eigenvalue weighted by atomic mass is 10.1. The highest BCUT2D eigenvalue weighted by atomic mass is 35.5.